The summed E-state index contributed by atoms with van der Waals surface area (Å²) < 4.78 is 27.3. The topological polar surface area (TPSA) is 95.6 Å². The maximum Gasteiger partial charge on any atom is 0.271 e. The zero-order valence-electron chi connectivity index (χ0n) is 15.5. The number of carbonyl (C=O) groups excluding carboxylic acids is 2. The molecular weight excluding hydrogens is 410 g/mol. The van der Waals surface area contributed by atoms with Gasteiger partial charge in [0, 0.05) is 24.0 Å². The summed E-state index contributed by atoms with van der Waals surface area (Å²) in [6.07, 6.45) is 0. The summed E-state index contributed by atoms with van der Waals surface area (Å²) in [5.74, 6) is -0.730. The Morgan fingerprint density at radius 3 is 2.38 bits per heavy atom. The second kappa shape index (κ2) is 8.89. The Bertz CT molecular complexity index is 1100. The van der Waals surface area contributed by atoms with Gasteiger partial charge in [0.15, 0.2) is 0 Å². The van der Waals surface area contributed by atoms with E-state index in [0.717, 1.165) is 11.3 Å². The quantitative estimate of drug-likeness (QED) is 0.603. The summed E-state index contributed by atoms with van der Waals surface area (Å²) in [4.78, 5) is 26.1. The van der Waals surface area contributed by atoms with Crippen LogP contribution in [0.3, 0.4) is 0 Å². The fourth-order valence-electron chi connectivity index (χ4n) is 2.57. The van der Waals surface area contributed by atoms with Crippen LogP contribution in [0.1, 0.15) is 10.4 Å². The Morgan fingerprint density at radius 2 is 1.69 bits per heavy atom. The number of nitrogens with zero attached hydrogens (tertiary/aromatic N) is 1. The second-order valence-corrected chi connectivity index (χ2v) is 9.05. The standard InChI is InChI=1S/C20H19N3O4S2/c1-23(14-18(24)21-16-8-3-2-4-9-16)20(25)15-7-5-10-17(13-15)22-29(26,27)19-11-6-12-28-19/h2-13,22H,14H2,1H3,(H,21,24). The van der Waals surface area contributed by atoms with E-state index in [1.165, 1.54) is 24.1 Å². The number of rotatable bonds is 7. The van der Waals surface area contributed by atoms with E-state index in [9.17, 15) is 18.0 Å². The van der Waals surface area contributed by atoms with Gasteiger partial charge in [-0.15, -0.1) is 11.3 Å². The van der Waals surface area contributed by atoms with Gasteiger partial charge in [-0.05, 0) is 41.8 Å². The molecule has 7 nitrogen and oxygen atoms in total. The van der Waals surface area contributed by atoms with Gasteiger partial charge in [-0.25, -0.2) is 8.42 Å². The van der Waals surface area contributed by atoms with Gasteiger partial charge in [-0.1, -0.05) is 30.3 Å². The van der Waals surface area contributed by atoms with Gasteiger partial charge in [0.25, 0.3) is 15.9 Å². The van der Waals surface area contributed by atoms with E-state index in [-0.39, 0.29) is 27.9 Å². The Balaban J connectivity index is 1.66. The number of benzene rings is 2. The number of hydrogen-bond acceptors (Lipinski definition) is 5. The SMILES string of the molecule is CN(CC(=O)Nc1ccccc1)C(=O)c1cccc(NS(=O)(=O)c2cccs2)c1. The monoisotopic (exact) mass is 429 g/mol. The van der Waals surface area contributed by atoms with E-state index in [2.05, 4.69) is 10.0 Å². The van der Waals surface area contributed by atoms with Gasteiger partial charge < -0.3 is 10.2 Å². The van der Waals surface area contributed by atoms with Crippen LogP contribution in [0.2, 0.25) is 0 Å². The molecule has 0 atom stereocenters. The van der Waals surface area contributed by atoms with Crippen LogP contribution >= 0.6 is 11.3 Å². The number of hydrogen-bond donors (Lipinski definition) is 2. The first kappa shape index (κ1) is 20.6. The first-order chi connectivity index (χ1) is 13.8. The highest BCUT2D eigenvalue weighted by Crippen LogP contribution is 2.21. The van der Waals surface area contributed by atoms with Crippen molar-refractivity contribution in [3.63, 3.8) is 0 Å². The summed E-state index contributed by atoms with van der Waals surface area (Å²) in [5.41, 5.74) is 1.18. The van der Waals surface area contributed by atoms with Gasteiger partial charge in [0.2, 0.25) is 5.91 Å². The van der Waals surface area contributed by atoms with E-state index in [0.29, 0.717) is 5.69 Å². The Labute approximate surface area is 173 Å². The maximum atomic E-state index is 12.6. The molecule has 0 aliphatic rings. The summed E-state index contributed by atoms with van der Waals surface area (Å²) in [6, 6.07) is 18.2. The van der Waals surface area contributed by atoms with Gasteiger partial charge in [-0.2, -0.15) is 0 Å². The number of sulfonamides is 1. The minimum Gasteiger partial charge on any atom is -0.332 e. The third-order valence-corrected chi connectivity index (χ3v) is 6.69. The van der Waals surface area contributed by atoms with Crippen molar-refractivity contribution >= 4 is 44.5 Å². The van der Waals surface area contributed by atoms with Crippen LogP contribution in [0.15, 0.2) is 76.3 Å². The van der Waals surface area contributed by atoms with E-state index in [4.69, 9.17) is 0 Å². The molecule has 0 aliphatic carbocycles. The summed E-state index contributed by atoms with van der Waals surface area (Å²) in [5, 5.41) is 4.38. The molecule has 0 saturated carbocycles. The summed E-state index contributed by atoms with van der Waals surface area (Å²) in [7, 11) is -2.20. The van der Waals surface area contributed by atoms with Crippen LogP contribution < -0.4 is 10.0 Å². The van der Waals surface area contributed by atoms with Crippen molar-refractivity contribution < 1.29 is 18.0 Å². The Morgan fingerprint density at radius 1 is 0.966 bits per heavy atom. The van der Waals surface area contributed by atoms with E-state index < -0.39 is 15.9 Å². The van der Waals surface area contributed by atoms with E-state index >= 15 is 0 Å². The van der Waals surface area contributed by atoms with E-state index in [1.807, 2.05) is 6.07 Å². The minimum absolute atomic E-state index is 0.140. The third kappa shape index (κ3) is 5.43. The highest BCUT2D eigenvalue weighted by molar-refractivity contribution is 7.94. The molecule has 2 amide bonds. The minimum atomic E-state index is -3.71. The lowest BCUT2D eigenvalue weighted by molar-refractivity contribution is -0.116. The molecule has 0 unspecified atom stereocenters. The van der Waals surface area contributed by atoms with Gasteiger partial charge in [-0.3, -0.25) is 14.3 Å². The molecule has 3 aromatic rings. The zero-order valence-corrected chi connectivity index (χ0v) is 17.2. The molecule has 0 fully saturated rings. The van der Waals surface area contributed by atoms with Crippen molar-refractivity contribution in [2.75, 3.05) is 23.6 Å². The van der Waals surface area contributed by atoms with Gasteiger partial charge >= 0.3 is 0 Å². The molecule has 2 N–H and O–H groups in total. The van der Waals surface area contributed by atoms with Crippen molar-refractivity contribution in [2.24, 2.45) is 0 Å². The van der Waals surface area contributed by atoms with Crippen molar-refractivity contribution in [2.45, 2.75) is 4.21 Å². The van der Waals surface area contributed by atoms with E-state index in [1.54, 1.807) is 53.9 Å². The summed E-state index contributed by atoms with van der Waals surface area (Å²) in [6.45, 7) is -0.140. The third-order valence-electron chi connectivity index (χ3n) is 3.91. The van der Waals surface area contributed by atoms with Gasteiger partial charge in [0.05, 0.1) is 6.54 Å². The number of carbonyl (C=O) groups is 2. The molecule has 1 heterocycles. The van der Waals surface area contributed by atoms with Crippen LogP contribution in [0.25, 0.3) is 0 Å². The van der Waals surface area contributed by atoms with Crippen LogP contribution in [0.4, 0.5) is 11.4 Å². The molecule has 0 bridgehead atoms. The molecule has 0 radical (unpaired) electrons. The normalized spacial score (nSPS) is 10.9. The Hall–Kier alpha value is -3.17. The predicted molar refractivity (Wildman–Crippen MR) is 114 cm³/mol. The smallest absolute Gasteiger partial charge is 0.271 e. The number of likely N-dealkylation sites (N-methyl/N-ethyl adjacent to an activating group) is 1. The van der Waals surface area contributed by atoms with Crippen LogP contribution in [-0.4, -0.2) is 38.7 Å². The largest absolute Gasteiger partial charge is 0.332 e. The molecule has 150 valence electrons. The van der Waals surface area contributed by atoms with Crippen molar-refractivity contribution in [1.29, 1.82) is 0 Å². The number of nitrogens with one attached hydrogen (secondary N) is 2. The lowest BCUT2D eigenvalue weighted by Gasteiger charge is -2.17. The van der Waals surface area contributed by atoms with Crippen LogP contribution in [0, 0.1) is 0 Å². The van der Waals surface area contributed by atoms with Crippen molar-refractivity contribution in [3.8, 4) is 0 Å². The highest BCUT2D eigenvalue weighted by atomic mass is 32.2. The average molecular weight is 430 g/mol. The molecule has 29 heavy (non-hydrogen) atoms. The molecule has 0 aliphatic heterocycles. The lowest BCUT2D eigenvalue weighted by Crippen LogP contribution is -2.34. The van der Waals surface area contributed by atoms with Gasteiger partial charge in [0.1, 0.15) is 4.21 Å². The van der Waals surface area contributed by atoms with Crippen LogP contribution in [0.5, 0.6) is 0 Å². The number of anilines is 2. The molecule has 0 saturated heterocycles. The lowest BCUT2D eigenvalue weighted by atomic mass is 10.2. The first-order valence-electron chi connectivity index (χ1n) is 8.62. The molecule has 1 aromatic heterocycles. The highest BCUT2D eigenvalue weighted by Gasteiger charge is 2.18. The van der Waals surface area contributed by atoms with Crippen molar-refractivity contribution in [3.05, 3.63) is 77.7 Å². The number of amides is 2. The molecular formula is C20H19N3O4S2. The number of para-hydroxylation sites is 1. The first-order valence-corrected chi connectivity index (χ1v) is 11.0. The number of thiophene rings is 1. The fraction of sp³-hybridized carbons (Fsp3) is 0.100. The Kier molecular flexibility index (Phi) is 6.30. The fourth-order valence-corrected chi connectivity index (χ4v) is 4.61. The average Bonchev–Trinajstić information content (AvgIpc) is 3.24. The maximum absolute atomic E-state index is 12.6. The second-order valence-electron chi connectivity index (χ2n) is 6.19. The molecule has 9 heteroatoms. The van der Waals surface area contributed by atoms with Crippen molar-refractivity contribution in [1.82, 2.24) is 4.90 Å². The molecule has 0 spiro atoms. The van der Waals surface area contributed by atoms with Crippen LogP contribution in [-0.2, 0) is 14.8 Å². The molecule has 2 aromatic carbocycles. The molecule has 3 rings (SSSR count). The zero-order chi connectivity index (χ0) is 20.9. The predicted octanol–water partition coefficient (Wildman–Crippen LogP) is 3.26. The summed E-state index contributed by atoms with van der Waals surface area (Å²) >= 11 is 1.10.